The number of aromatic hydroxyl groups is 1. The average Bonchev–Trinajstić information content (AvgIpc) is 3.07. The summed E-state index contributed by atoms with van der Waals surface area (Å²) in [4.78, 5) is 50.9. The van der Waals surface area contributed by atoms with Crippen LogP contribution in [0.5, 0.6) is 5.75 Å². The molecule has 4 aliphatic rings. The number of phenols is 1. The maximum Gasteiger partial charge on any atom is 0.254 e. The first kappa shape index (κ1) is 21.9. The van der Waals surface area contributed by atoms with E-state index in [4.69, 9.17) is 23.2 Å². The van der Waals surface area contributed by atoms with E-state index in [1.54, 1.807) is 18.2 Å². The van der Waals surface area contributed by atoms with Crippen LogP contribution in [0.1, 0.15) is 24.3 Å². The van der Waals surface area contributed by atoms with Gasteiger partial charge in [0, 0.05) is 18.5 Å². The summed E-state index contributed by atoms with van der Waals surface area (Å²) in [6.07, 6.45) is 2.08. The van der Waals surface area contributed by atoms with E-state index in [9.17, 15) is 24.3 Å². The summed E-state index contributed by atoms with van der Waals surface area (Å²) in [7, 11) is 1.45. The van der Waals surface area contributed by atoms with Crippen molar-refractivity contribution in [3.63, 3.8) is 0 Å². The zero-order valence-electron chi connectivity index (χ0n) is 16.9. The number of alkyl halides is 3. The number of hydrogen-bond donors (Lipinski definition) is 1. The van der Waals surface area contributed by atoms with Crippen LogP contribution < -0.4 is 0 Å². The number of fused-ring (bicyclic) bond motifs is 4. The van der Waals surface area contributed by atoms with Crippen molar-refractivity contribution < 1.29 is 24.3 Å². The van der Waals surface area contributed by atoms with Gasteiger partial charge in [-0.05, 0) is 24.8 Å². The number of carbonyl (C=O) groups excluding carboxylic acids is 4. The molecule has 1 aromatic rings. The van der Waals surface area contributed by atoms with E-state index in [0.29, 0.717) is 17.6 Å². The molecule has 2 aliphatic heterocycles. The third kappa shape index (κ3) is 2.43. The van der Waals surface area contributed by atoms with Crippen LogP contribution in [0.3, 0.4) is 0 Å². The number of likely N-dealkylation sites (tertiary alicyclic amines) is 2. The number of carbonyl (C=O) groups is 4. The zero-order chi connectivity index (χ0) is 23.2. The van der Waals surface area contributed by atoms with E-state index >= 15 is 0 Å². The Balaban J connectivity index is 1.77. The summed E-state index contributed by atoms with van der Waals surface area (Å²) in [5, 5.41) is 10.7. The summed E-state index contributed by atoms with van der Waals surface area (Å²) in [6, 6.07) is 6.45. The molecule has 2 aliphatic carbocycles. The highest BCUT2D eigenvalue weighted by molar-refractivity contribution is 9.09. The fourth-order valence-electron chi connectivity index (χ4n) is 5.99. The molecule has 6 atom stereocenters. The van der Waals surface area contributed by atoms with Gasteiger partial charge in [0.05, 0.1) is 17.3 Å². The quantitative estimate of drug-likeness (QED) is 0.269. The number of halogens is 3. The van der Waals surface area contributed by atoms with E-state index < -0.39 is 45.2 Å². The molecule has 7 nitrogen and oxygen atoms in total. The second kappa shape index (κ2) is 7.05. The molecule has 10 heteroatoms. The van der Waals surface area contributed by atoms with E-state index in [2.05, 4.69) is 15.9 Å². The SMILES string of the molecule is CN1C(=O)[C@H]2[C@H](CC=C3[C@H]2C[C@@]2(Cl)C(=O)N(CBr)C(=O)[C@@]2(Cl)[C@H]3c2ccccc2O)C1=O. The van der Waals surface area contributed by atoms with Crippen molar-refractivity contribution in [1.82, 2.24) is 9.80 Å². The van der Waals surface area contributed by atoms with Gasteiger partial charge in [-0.3, -0.25) is 29.0 Å². The van der Waals surface area contributed by atoms with Gasteiger partial charge in [-0.1, -0.05) is 45.8 Å². The Bertz CT molecular complexity index is 1130. The number of allylic oxidation sites excluding steroid dienone is 2. The minimum absolute atomic E-state index is 0.0594. The van der Waals surface area contributed by atoms with Crippen molar-refractivity contribution in [2.24, 2.45) is 17.8 Å². The summed E-state index contributed by atoms with van der Waals surface area (Å²) in [6.45, 7) is 0. The lowest BCUT2D eigenvalue weighted by atomic mass is 9.56. The topological polar surface area (TPSA) is 95.0 Å². The van der Waals surface area contributed by atoms with Crippen molar-refractivity contribution in [3.8, 4) is 5.75 Å². The predicted molar refractivity (Wildman–Crippen MR) is 119 cm³/mol. The first-order chi connectivity index (χ1) is 15.1. The van der Waals surface area contributed by atoms with Crippen molar-refractivity contribution in [2.75, 3.05) is 12.5 Å². The van der Waals surface area contributed by atoms with E-state index in [1.807, 2.05) is 6.08 Å². The molecular formula is C22H19BrCl2N2O5. The van der Waals surface area contributed by atoms with Crippen LogP contribution in [-0.4, -0.2) is 60.8 Å². The number of amides is 4. The number of imide groups is 2. The van der Waals surface area contributed by atoms with Crippen molar-refractivity contribution in [3.05, 3.63) is 41.5 Å². The second-order valence-corrected chi connectivity index (χ2v) is 10.5. The molecular weight excluding hydrogens is 523 g/mol. The Labute approximate surface area is 202 Å². The Morgan fingerprint density at radius 3 is 2.44 bits per heavy atom. The molecule has 0 aromatic heterocycles. The predicted octanol–water partition coefficient (Wildman–Crippen LogP) is 2.73. The molecule has 5 rings (SSSR count). The molecule has 1 aromatic carbocycles. The normalized spacial score (nSPS) is 38.6. The lowest BCUT2D eigenvalue weighted by Gasteiger charge is -2.50. The minimum Gasteiger partial charge on any atom is -0.508 e. The monoisotopic (exact) mass is 540 g/mol. The fourth-order valence-corrected chi connectivity index (χ4v) is 7.40. The highest BCUT2D eigenvalue weighted by atomic mass is 79.9. The Kier molecular flexibility index (Phi) is 4.83. The third-order valence-electron chi connectivity index (χ3n) is 7.48. The van der Waals surface area contributed by atoms with Gasteiger partial charge in [0.1, 0.15) is 5.75 Å². The second-order valence-electron chi connectivity index (χ2n) is 8.78. The highest BCUT2D eigenvalue weighted by Crippen LogP contribution is 2.66. The Morgan fingerprint density at radius 1 is 1.09 bits per heavy atom. The van der Waals surface area contributed by atoms with Crippen LogP contribution in [-0.2, 0) is 19.2 Å². The molecule has 4 amide bonds. The van der Waals surface area contributed by atoms with E-state index in [0.717, 1.165) is 9.80 Å². The number of phenolic OH excluding ortho intramolecular Hbond substituents is 1. The van der Waals surface area contributed by atoms with Gasteiger partial charge in [0.2, 0.25) is 11.8 Å². The molecule has 1 saturated carbocycles. The molecule has 32 heavy (non-hydrogen) atoms. The first-order valence-electron chi connectivity index (χ1n) is 10.2. The molecule has 3 fully saturated rings. The minimum atomic E-state index is -1.90. The van der Waals surface area contributed by atoms with Crippen LogP contribution in [0.2, 0.25) is 0 Å². The summed E-state index contributed by atoms with van der Waals surface area (Å²) in [5.41, 5.74) is 0.925. The number of para-hydroxylation sites is 1. The molecule has 0 radical (unpaired) electrons. The number of benzene rings is 1. The van der Waals surface area contributed by atoms with Crippen molar-refractivity contribution in [1.29, 1.82) is 0 Å². The molecule has 1 N–H and O–H groups in total. The summed E-state index contributed by atoms with van der Waals surface area (Å²) < 4.78 is 0. The third-order valence-corrected chi connectivity index (χ3v) is 9.40. The fraction of sp³-hybridized carbons (Fsp3) is 0.455. The zero-order valence-corrected chi connectivity index (χ0v) is 20.0. The molecule has 2 saturated heterocycles. The van der Waals surface area contributed by atoms with Gasteiger partial charge in [0.25, 0.3) is 11.8 Å². The van der Waals surface area contributed by atoms with E-state index in [1.165, 1.54) is 13.1 Å². The van der Waals surface area contributed by atoms with Gasteiger partial charge in [-0.25, -0.2) is 0 Å². The van der Waals surface area contributed by atoms with Gasteiger partial charge >= 0.3 is 0 Å². The molecule has 0 spiro atoms. The van der Waals surface area contributed by atoms with Crippen molar-refractivity contribution in [2.45, 2.75) is 28.5 Å². The molecule has 0 unspecified atom stereocenters. The lowest BCUT2D eigenvalue weighted by Crippen LogP contribution is -2.60. The summed E-state index contributed by atoms with van der Waals surface area (Å²) in [5.74, 6) is -4.76. The van der Waals surface area contributed by atoms with Gasteiger partial charge in [0.15, 0.2) is 9.75 Å². The number of rotatable bonds is 2. The molecule has 2 heterocycles. The van der Waals surface area contributed by atoms with E-state index in [-0.39, 0.29) is 29.4 Å². The average molecular weight is 542 g/mol. The van der Waals surface area contributed by atoms with Crippen molar-refractivity contribution >= 4 is 62.8 Å². The molecule has 0 bridgehead atoms. The van der Waals surface area contributed by atoms with Gasteiger partial charge in [-0.2, -0.15) is 0 Å². The van der Waals surface area contributed by atoms with Crippen LogP contribution in [0.25, 0.3) is 0 Å². The van der Waals surface area contributed by atoms with Crippen LogP contribution in [0, 0.1) is 17.8 Å². The maximum absolute atomic E-state index is 13.5. The first-order valence-corrected chi connectivity index (χ1v) is 12.1. The van der Waals surface area contributed by atoms with Crippen LogP contribution in [0.15, 0.2) is 35.9 Å². The van der Waals surface area contributed by atoms with Gasteiger partial charge < -0.3 is 5.11 Å². The lowest BCUT2D eigenvalue weighted by molar-refractivity contribution is -0.140. The smallest absolute Gasteiger partial charge is 0.254 e. The highest BCUT2D eigenvalue weighted by Gasteiger charge is 2.76. The van der Waals surface area contributed by atoms with Gasteiger partial charge in [-0.15, -0.1) is 23.2 Å². The molecule has 168 valence electrons. The number of nitrogens with zero attached hydrogens (tertiary/aromatic N) is 2. The largest absolute Gasteiger partial charge is 0.508 e. The maximum atomic E-state index is 13.5. The van der Waals surface area contributed by atoms with Crippen LogP contribution >= 0.6 is 39.1 Å². The Hall–Kier alpha value is -1.90. The van der Waals surface area contributed by atoms with Crippen LogP contribution in [0.4, 0.5) is 0 Å². The number of hydrogen-bond acceptors (Lipinski definition) is 5. The standard InChI is InChI=1S/C22H19BrCl2N2O5/c1-26-17(29)12-7-6-10-13(15(12)18(26)30)8-21(24)19(31)27(9-23)20(32)22(21,25)16(10)11-4-2-3-5-14(11)28/h2-6,12-13,15-16,28H,7-9H2,1H3/t12-,13+,15-,16+,21+,22-/m0/s1. The summed E-state index contributed by atoms with van der Waals surface area (Å²) >= 11 is 17.2. The Morgan fingerprint density at radius 2 is 1.78 bits per heavy atom.